The molecule has 0 aromatic heterocycles. The molecule has 1 amide bonds. The van der Waals surface area contributed by atoms with Crippen LogP contribution in [0.15, 0.2) is 47.4 Å². The minimum absolute atomic E-state index is 0.0205. The average Bonchev–Trinajstić information content (AvgIpc) is 3.65. The third-order valence-electron chi connectivity index (χ3n) is 6.12. The number of carbonyl (C=O) groups is 1. The summed E-state index contributed by atoms with van der Waals surface area (Å²) in [5.41, 5.74) is 1.35. The van der Waals surface area contributed by atoms with Crippen molar-refractivity contribution in [1.82, 2.24) is 9.21 Å². The van der Waals surface area contributed by atoms with Gasteiger partial charge in [0.15, 0.2) is 0 Å². The number of nitrogens with zero attached hydrogens (tertiary/aromatic N) is 2. The number of halogens is 1. The van der Waals surface area contributed by atoms with Crippen LogP contribution in [0.25, 0.3) is 0 Å². The second-order valence-electron chi connectivity index (χ2n) is 8.48. The van der Waals surface area contributed by atoms with Gasteiger partial charge in [0.25, 0.3) is 5.91 Å². The second kappa shape index (κ2) is 9.81. The van der Waals surface area contributed by atoms with Crippen LogP contribution in [-0.2, 0) is 16.6 Å². The van der Waals surface area contributed by atoms with Gasteiger partial charge in [-0.1, -0.05) is 36.6 Å². The zero-order valence-corrected chi connectivity index (χ0v) is 19.9. The van der Waals surface area contributed by atoms with E-state index in [1.54, 1.807) is 13.2 Å². The molecular weight excluding hydrogens is 448 g/mol. The topological polar surface area (TPSA) is 66.9 Å². The number of sulfonamides is 1. The van der Waals surface area contributed by atoms with Crippen molar-refractivity contribution >= 4 is 27.5 Å². The van der Waals surface area contributed by atoms with E-state index < -0.39 is 10.0 Å². The number of methoxy groups -OCH3 is 1. The average molecular weight is 477 g/mol. The minimum atomic E-state index is -3.75. The van der Waals surface area contributed by atoms with E-state index >= 15 is 0 Å². The molecule has 0 N–H and O–H groups in total. The van der Waals surface area contributed by atoms with Crippen LogP contribution in [0, 0.1) is 0 Å². The van der Waals surface area contributed by atoms with E-state index in [1.807, 2.05) is 29.2 Å². The standard InChI is InChI=1S/C24H29ClN2O4S/c1-31-21-11-6-18(7-12-21)17-27(20-9-10-20)24(28)19-8-13-22(25)23(16-19)32(29,30)26-14-4-2-3-5-15-26/h6-8,11-13,16,20H,2-5,9-10,14-15,17H2,1H3. The summed E-state index contributed by atoms with van der Waals surface area (Å²) < 4.78 is 33.3. The van der Waals surface area contributed by atoms with Crippen LogP contribution in [0.5, 0.6) is 5.75 Å². The van der Waals surface area contributed by atoms with Gasteiger partial charge in [0.1, 0.15) is 10.6 Å². The lowest BCUT2D eigenvalue weighted by molar-refractivity contribution is 0.0729. The summed E-state index contributed by atoms with van der Waals surface area (Å²) >= 11 is 6.32. The molecule has 2 aliphatic rings. The molecule has 8 heteroatoms. The lowest BCUT2D eigenvalue weighted by atomic mass is 10.1. The van der Waals surface area contributed by atoms with Gasteiger partial charge in [0.05, 0.1) is 12.1 Å². The fourth-order valence-corrected chi connectivity index (χ4v) is 6.12. The number of carbonyl (C=O) groups excluding carboxylic acids is 1. The summed E-state index contributed by atoms with van der Waals surface area (Å²) in [6.45, 7) is 1.44. The van der Waals surface area contributed by atoms with Gasteiger partial charge in [0, 0.05) is 31.2 Å². The van der Waals surface area contributed by atoms with Gasteiger partial charge in [-0.3, -0.25) is 4.79 Å². The van der Waals surface area contributed by atoms with Crippen molar-refractivity contribution in [3.05, 3.63) is 58.6 Å². The predicted octanol–water partition coefficient (Wildman–Crippen LogP) is 4.72. The van der Waals surface area contributed by atoms with Gasteiger partial charge in [0.2, 0.25) is 10.0 Å². The van der Waals surface area contributed by atoms with Crippen LogP contribution in [0.3, 0.4) is 0 Å². The third-order valence-corrected chi connectivity index (χ3v) is 8.50. The van der Waals surface area contributed by atoms with E-state index in [1.165, 1.54) is 16.4 Å². The summed E-state index contributed by atoms with van der Waals surface area (Å²) in [5, 5.41) is 0.152. The smallest absolute Gasteiger partial charge is 0.254 e. The highest BCUT2D eigenvalue weighted by molar-refractivity contribution is 7.89. The maximum absolute atomic E-state index is 13.4. The van der Waals surface area contributed by atoms with Crippen molar-refractivity contribution in [3.63, 3.8) is 0 Å². The quantitative estimate of drug-likeness (QED) is 0.580. The number of ether oxygens (including phenoxy) is 1. The fourth-order valence-electron chi connectivity index (χ4n) is 4.10. The van der Waals surface area contributed by atoms with Gasteiger partial charge in [-0.2, -0.15) is 4.31 Å². The normalized spacial score (nSPS) is 17.6. The molecule has 1 saturated heterocycles. The summed E-state index contributed by atoms with van der Waals surface area (Å²) in [5.74, 6) is 0.589. The molecule has 0 bridgehead atoms. The number of amides is 1. The molecule has 1 aliphatic heterocycles. The molecule has 1 aliphatic carbocycles. The zero-order valence-electron chi connectivity index (χ0n) is 18.3. The maximum atomic E-state index is 13.4. The van der Waals surface area contributed by atoms with Crippen molar-refractivity contribution in [3.8, 4) is 5.75 Å². The Kier molecular flexibility index (Phi) is 7.08. The summed E-state index contributed by atoms with van der Waals surface area (Å²) in [4.78, 5) is 15.3. The molecule has 32 heavy (non-hydrogen) atoms. The molecule has 1 saturated carbocycles. The van der Waals surface area contributed by atoms with Crippen molar-refractivity contribution in [2.24, 2.45) is 0 Å². The van der Waals surface area contributed by atoms with Crippen LogP contribution in [0.4, 0.5) is 0 Å². The Morgan fingerprint density at radius 3 is 2.31 bits per heavy atom. The van der Waals surface area contributed by atoms with Crippen molar-refractivity contribution in [2.75, 3.05) is 20.2 Å². The zero-order chi connectivity index (χ0) is 22.7. The molecule has 2 aromatic carbocycles. The van der Waals surface area contributed by atoms with Gasteiger partial charge >= 0.3 is 0 Å². The minimum Gasteiger partial charge on any atom is -0.497 e. The first kappa shape index (κ1) is 23.1. The molecule has 4 rings (SSSR count). The highest BCUT2D eigenvalue weighted by Gasteiger charge is 2.34. The summed E-state index contributed by atoms with van der Waals surface area (Å²) in [7, 11) is -2.13. The Morgan fingerprint density at radius 2 is 1.72 bits per heavy atom. The van der Waals surface area contributed by atoms with E-state index in [0.29, 0.717) is 25.2 Å². The molecule has 0 radical (unpaired) electrons. The molecule has 0 unspecified atom stereocenters. The lowest BCUT2D eigenvalue weighted by Crippen LogP contribution is -2.34. The second-order valence-corrected chi connectivity index (χ2v) is 10.8. The van der Waals surface area contributed by atoms with Crippen LogP contribution in [0.2, 0.25) is 5.02 Å². The molecule has 0 spiro atoms. The Morgan fingerprint density at radius 1 is 1.06 bits per heavy atom. The number of hydrogen-bond acceptors (Lipinski definition) is 4. The largest absolute Gasteiger partial charge is 0.497 e. The van der Waals surface area contributed by atoms with Crippen LogP contribution in [-0.4, -0.2) is 49.8 Å². The van der Waals surface area contributed by atoms with E-state index in [2.05, 4.69) is 0 Å². The maximum Gasteiger partial charge on any atom is 0.254 e. The molecular formula is C24H29ClN2O4S. The highest BCUT2D eigenvalue weighted by Crippen LogP contribution is 2.32. The van der Waals surface area contributed by atoms with Crippen LogP contribution >= 0.6 is 11.6 Å². The van der Waals surface area contributed by atoms with E-state index in [-0.39, 0.29) is 21.9 Å². The fraction of sp³-hybridized carbons (Fsp3) is 0.458. The van der Waals surface area contributed by atoms with E-state index in [0.717, 1.165) is 49.8 Å². The molecule has 0 atom stereocenters. The summed E-state index contributed by atoms with van der Waals surface area (Å²) in [6.07, 6.45) is 5.64. The lowest BCUT2D eigenvalue weighted by Gasteiger charge is -2.24. The Bertz CT molecular complexity index is 1060. The first-order valence-corrected chi connectivity index (χ1v) is 13.0. The van der Waals surface area contributed by atoms with Gasteiger partial charge < -0.3 is 9.64 Å². The number of benzene rings is 2. The van der Waals surface area contributed by atoms with Crippen molar-refractivity contribution in [2.45, 2.75) is 56.0 Å². The van der Waals surface area contributed by atoms with Crippen molar-refractivity contribution < 1.29 is 17.9 Å². The first-order chi connectivity index (χ1) is 15.4. The molecule has 6 nitrogen and oxygen atoms in total. The Hall–Kier alpha value is -2.09. The molecule has 2 fully saturated rings. The highest BCUT2D eigenvalue weighted by atomic mass is 35.5. The van der Waals surface area contributed by atoms with E-state index in [9.17, 15) is 13.2 Å². The monoisotopic (exact) mass is 476 g/mol. The molecule has 2 aromatic rings. The van der Waals surface area contributed by atoms with Crippen LogP contribution < -0.4 is 4.74 Å². The summed E-state index contributed by atoms with van der Waals surface area (Å²) in [6, 6.07) is 12.4. The van der Waals surface area contributed by atoms with E-state index in [4.69, 9.17) is 16.3 Å². The number of rotatable bonds is 7. The Labute approximate surface area is 195 Å². The third kappa shape index (κ3) is 5.11. The SMILES string of the molecule is COc1ccc(CN(C(=O)c2ccc(Cl)c(S(=O)(=O)N3CCCCCC3)c2)C2CC2)cc1. The predicted molar refractivity (Wildman–Crippen MR) is 125 cm³/mol. The van der Waals surface area contributed by atoms with Gasteiger partial charge in [-0.15, -0.1) is 0 Å². The first-order valence-electron chi connectivity index (χ1n) is 11.1. The van der Waals surface area contributed by atoms with Crippen LogP contribution in [0.1, 0.15) is 54.4 Å². The number of hydrogen-bond donors (Lipinski definition) is 0. The Balaban J connectivity index is 1.59. The van der Waals surface area contributed by atoms with Gasteiger partial charge in [-0.05, 0) is 61.6 Å². The van der Waals surface area contributed by atoms with Gasteiger partial charge in [-0.25, -0.2) is 8.42 Å². The molecule has 1 heterocycles. The van der Waals surface area contributed by atoms with Crippen molar-refractivity contribution in [1.29, 1.82) is 0 Å². The molecule has 172 valence electrons.